The minimum atomic E-state index is -4.61. The van der Waals surface area contributed by atoms with Crippen molar-refractivity contribution in [1.82, 2.24) is 9.55 Å². The molecule has 3 aromatic rings. The summed E-state index contributed by atoms with van der Waals surface area (Å²) in [7, 11) is 0. The maximum absolute atomic E-state index is 13.0. The van der Waals surface area contributed by atoms with E-state index in [1.165, 1.54) is 30.3 Å². The number of fused-ring (bicyclic) bond motifs is 1. The van der Waals surface area contributed by atoms with E-state index in [1.807, 2.05) is 0 Å². The van der Waals surface area contributed by atoms with Gasteiger partial charge in [-0.2, -0.15) is 13.2 Å². The number of carbonyl (C=O) groups is 1. The molecule has 0 saturated carbocycles. The first-order valence-corrected chi connectivity index (χ1v) is 7.74. The van der Waals surface area contributed by atoms with Crippen LogP contribution in [-0.2, 0) is 17.5 Å². The predicted octanol–water partition coefficient (Wildman–Crippen LogP) is 3.71. The summed E-state index contributed by atoms with van der Waals surface area (Å²) in [6, 6.07) is 9.09. The molecule has 26 heavy (non-hydrogen) atoms. The molecule has 0 saturated heterocycles. The van der Waals surface area contributed by atoms with Crippen LogP contribution in [0.5, 0.6) is 0 Å². The normalized spacial score (nSPS) is 11.5. The van der Waals surface area contributed by atoms with Gasteiger partial charge in [-0.15, -0.1) is 0 Å². The van der Waals surface area contributed by atoms with Crippen LogP contribution in [-0.4, -0.2) is 15.5 Å². The number of carbonyl (C=O) groups excluding carboxylic acids is 1. The second-order valence-electron chi connectivity index (χ2n) is 5.43. The summed E-state index contributed by atoms with van der Waals surface area (Å²) in [6.07, 6.45) is -3.46. The third-order valence-corrected chi connectivity index (χ3v) is 3.84. The number of anilines is 1. The molecule has 0 aliphatic rings. The molecule has 0 radical (unpaired) electrons. The number of aromatic nitrogens is 2. The fourth-order valence-corrected chi connectivity index (χ4v) is 2.59. The highest BCUT2D eigenvalue weighted by molar-refractivity contribution is 6.31. The van der Waals surface area contributed by atoms with Crippen LogP contribution in [0.1, 0.15) is 5.56 Å². The lowest BCUT2D eigenvalue weighted by Gasteiger charge is -2.14. The highest BCUT2D eigenvalue weighted by Crippen LogP contribution is 2.34. The van der Waals surface area contributed by atoms with E-state index >= 15 is 0 Å². The zero-order valence-corrected chi connectivity index (χ0v) is 13.8. The molecule has 0 spiro atoms. The van der Waals surface area contributed by atoms with Gasteiger partial charge in [0.15, 0.2) is 0 Å². The van der Waals surface area contributed by atoms with E-state index in [0.29, 0.717) is 10.5 Å². The van der Waals surface area contributed by atoms with Crippen molar-refractivity contribution in [1.29, 1.82) is 0 Å². The second kappa shape index (κ2) is 6.80. The van der Waals surface area contributed by atoms with Crippen LogP contribution in [0, 0.1) is 0 Å². The Morgan fingerprint density at radius 2 is 1.92 bits per heavy atom. The van der Waals surface area contributed by atoms with Gasteiger partial charge in [-0.3, -0.25) is 14.2 Å². The number of benzene rings is 2. The number of rotatable bonds is 3. The van der Waals surface area contributed by atoms with Gasteiger partial charge in [-0.1, -0.05) is 23.7 Å². The predicted molar refractivity (Wildman–Crippen MR) is 91.1 cm³/mol. The fourth-order valence-electron chi connectivity index (χ4n) is 2.43. The number of nitrogens with one attached hydrogen (secondary N) is 1. The van der Waals surface area contributed by atoms with Gasteiger partial charge in [-0.25, -0.2) is 4.98 Å². The van der Waals surface area contributed by atoms with Crippen LogP contribution in [0.25, 0.3) is 10.9 Å². The third-order valence-electron chi connectivity index (χ3n) is 3.61. The zero-order chi connectivity index (χ0) is 18.9. The van der Waals surface area contributed by atoms with Gasteiger partial charge >= 0.3 is 6.18 Å². The van der Waals surface area contributed by atoms with Crippen LogP contribution < -0.4 is 10.9 Å². The van der Waals surface area contributed by atoms with Gasteiger partial charge in [0, 0.05) is 5.02 Å². The van der Waals surface area contributed by atoms with Gasteiger partial charge < -0.3 is 5.32 Å². The number of para-hydroxylation sites is 1. The molecule has 134 valence electrons. The van der Waals surface area contributed by atoms with E-state index in [0.717, 1.165) is 23.0 Å². The molecule has 1 aromatic heterocycles. The highest BCUT2D eigenvalue weighted by atomic mass is 35.5. The minimum Gasteiger partial charge on any atom is -0.324 e. The van der Waals surface area contributed by atoms with E-state index in [1.54, 1.807) is 0 Å². The smallest absolute Gasteiger partial charge is 0.324 e. The number of halogens is 4. The first-order valence-electron chi connectivity index (χ1n) is 7.36. The van der Waals surface area contributed by atoms with Crippen LogP contribution >= 0.6 is 11.6 Å². The lowest BCUT2D eigenvalue weighted by Crippen LogP contribution is -2.28. The van der Waals surface area contributed by atoms with Crippen molar-refractivity contribution in [2.24, 2.45) is 0 Å². The van der Waals surface area contributed by atoms with E-state index in [9.17, 15) is 22.8 Å². The Balaban J connectivity index is 1.86. The van der Waals surface area contributed by atoms with Crippen LogP contribution in [0.2, 0.25) is 5.02 Å². The minimum absolute atomic E-state index is 0.250. The van der Waals surface area contributed by atoms with E-state index in [2.05, 4.69) is 10.3 Å². The Bertz CT molecular complexity index is 1050. The first-order chi connectivity index (χ1) is 12.3. The van der Waals surface area contributed by atoms with Crippen molar-refractivity contribution >= 4 is 34.1 Å². The van der Waals surface area contributed by atoms with Crippen molar-refractivity contribution < 1.29 is 18.0 Å². The first kappa shape index (κ1) is 17.9. The largest absolute Gasteiger partial charge is 0.418 e. The molecule has 0 aliphatic heterocycles. The van der Waals surface area contributed by atoms with E-state index < -0.39 is 29.8 Å². The zero-order valence-electron chi connectivity index (χ0n) is 13.0. The molecule has 2 aromatic carbocycles. The highest BCUT2D eigenvalue weighted by Gasteiger charge is 2.33. The van der Waals surface area contributed by atoms with Crippen LogP contribution in [0.3, 0.4) is 0 Å². The fraction of sp³-hybridized carbons (Fsp3) is 0.118. The van der Waals surface area contributed by atoms with Gasteiger partial charge in [0.1, 0.15) is 6.54 Å². The van der Waals surface area contributed by atoms with Gasteiger partial charge in [0.25, 0.3) is 5.56 Å². The number of nitrogens with zero attached hydrogens (tertiary/aromatic N) is 2. The summed E-state index contributed by atoms with van der Waals surface area (Å²) >= 11 is 5.83. The van der Waals surface area contributed by atoms with Gasteiger partial charge in [-0.05, 0) is 30.3 Å². The maximum atomic E-state index is 13.0. The summed E-state index contributed by atoms with van der Waals surface area (Å²) in [5.74, 6) is -0.779. The molecule has 0 atom stereocenters. The number of amides is 1. The summed E-state index contributed by atoms with van der Waals surface area (Å²) < 4.78 is 39.9. The molecule has 3 rings (SSSR count). The average Bonchev–Trinajstić information content (AvgIpc) is 2.57. The number of alkyl halides is 3. The standard InChI is InChI=1S/C17H11ClF3N3O2/c18-10-5-6-11-14(7-10)22-9-24(16(11)26)8-15(25)23-13-4-2-1-3-12(13)17(19,20)21/h1-7,9H,8H2,(H,23,25). The second-order valence-corrected chi connectivity index (χ2v) is 5.87. The third kappa shape index (κ3) is 3.70. The average molecular weight is 382 g/mol. The van der Waals surface area contributed by atoms with E-state index in [-0.39, 0.29) is 11.1 Å². The van der Waals surface area contributed by atoms with Crippen molar-refractivity contribution in [3.05, 3.63) is 69.7 Å². The molecule has 1 amide bonds. The Labute approximate surface area is 150 Å². The quantitative estimate of drug-likeness (QED) is 0.752. The molecule has 1 N–H and O–H groups in total. The molecule has 0 aliphatic carbocycles. The van der Waals surface area contributed by atoms with Crippen molar-refractivity contribution in [2.45, 2.75) is 12.7 Å². The lowest BCUT2D eigenvalue weighted by molar-refractivity contribution is -0.137. The molecular weight excluding hydrogens is 371 g/mol. The molecular formula is C17H11ClF3N3O2. The van der Waals surface area contributed by atoms with Crippen molar-refractivity contribution in [3.63, 3.8) is 0 Å². The van der Waals surface area contributed by atoms with E-state index in [4.69, 9.17) is 11.6 Å². The topological polar surface area (TPSA) is 64.0 Å². The molecule has 9 heteroatoms. The monoisotopic (exact) mass is 381 g/mol. The van der Waals surface area contributed by atoms with Gasteiger partial charge in [0.05, 0.1) is 28.5 Å². The Morgan fingerprint density at radius 1 is 1.19 bits per heavy atom. The molecule has 5 nitrogen and oxygen atoms in total. The number of hydrogen-bond acceptors (Lipinski definition) is 3. The number of hydrogen-bond donors (Lipinski definition) is 1. The Kier molecular flexibility index (Phi) is 4.69. The lowest BCUT2D eigenvalue weighted by atomic mass is 10.1. The van der Waals surface area contributed by atoms with Crippen molar-refractivity contribution in [2.75, 3.05) is 5.32 Å². The SMILES string of the molecule is O=C(Cn1cnc2cc(Cl)ccc2c1=O)Nc1ccccc1C(F)(F)F. The summed E-state index contributed by atoms with van der Waals surface area (Å²) in [5, 5.41) is 2.84. The summed E-state index contributed by atoms with van der Waals surface area (Å²) in [5.41, 5.74) is -1.47. The Hall–Kier alpha value is -2.87. The maximum Gasteiger partial charge on any atom is 0.418 e. The van der Waals surface area contributed by atoms with Crippen LogP contribution in [0.4, 0.5) is 18.9 Å². The Morgan fingerprint density at radius 3 is 2.65 bits per heavy atom. The molecule has 0 fully saturated rings. The molecule has 0 bridgehead atoms. The summed E-state index contributed by atoms with van der Waals surface area (Å²) in [4.78, 5) is 28.5. The summed E-state index contributed by atoms with van der Waals surface area (Å²) in [6.45, 7) is -0.476. The molecule has 0 unspecified atom stereocenters. The van der Waals surface area contributed by atoms with Crippen molar-refractivity contribution in [3.8, 4) is 0 Å². The van der Waals surface area contributed by atoms with Gasteiger partial charge in [0.2, 0.25) is 5.91 Å². The van der Waals surface area contributed by atoms with Crippen LogP contribution in [0.15, 0.2) is 53.6 Å². The molecule has 1 heterocycles.